The van der Waals surface area contributed by atoms with Gasteiger partial charge in [-0.05, 0) is 32.3 Å². The molecule has 1 aromatic rings. The Morgan fingerprint density at radius 1 is 0.750 bits per heavy atom. The van der Waals surface area contributed by atoms with Crippen LogP contribution in [0, 0.1) is 0 Å². The lowest BCUT2D eigenvalue weighted by atomic mass is 9.91. The lowest BCUT2D eigenvalue weighted by Gasteiger charge is -2.42. The monoisotopic (exact) mass is 388 g/mol. The van der Waals surface area contributed by atoms with Crippen LogP contribution in [0.1, 0.15) is 117 Å². The maximum atomic E-state index is 6.51. The number of hydrogen-bond donors (Lipinski definition) is 1. The van der Waals surface area contributed by atoms with Crippen molar-refractivity contribution >= 4 is 0 Å². The molecule has 2 heteroatoms. The Kier molecular flexibility index (Phi) is 13.5. The van der Waals surface area contributed by atoms with Crippen LogP contribution in [-0.2, 0) is 5.54 Å². The third-order valence-electron chi connectivity index (χ3n) is 6.27. The van der Waals surface area contributed by atoms with Crippen molar-refractivity contribution in [2.24, 2.45) is 5.73 Å². The van der Waals surface area contributed by atoms with Gasteiger partial charge in [-0.25, -0.2) is 0 Å². The average Bonchev–Trinajstić information content (AvgIpc) is 2.71. The van der Waals surface area contributed by atoms with Gasteiger partial charge in [0.1, 0.15) is 0 Å². The van der Waals surface area contributed by atoms with E-state index >= 15 is 0 Å². The van der Waals surface area contributed by atoms with Crippen LogP contribution < -0.4 is 5.73 Å². The molecule has 0 aromatic heterocycles. The van der Waals surface area contributed by atoms with E-state index in [1.165, 1.54) is 82.6 Å². The van der Waals surface area contributed by atoms with Gasteiger partial charge in [-0.15, -0.1) is 0 Å². The zero-order valence-electron chi connectivity index (χ0n) is 19.4. The van der Waals surface area contributed by atoms with Gasteiger partial charge in [0.2, 0.25) is 0 Å². The Labute approximate surface area is 176 Å². The fourth-order valence-corrected chi connectivity index (χ4v) is 4.22. The van der Waals surface area contributed by atoms with Gasteiger partial charge in [-0.3, -0.25) is 4.90 Å². The molecule has 2 nitrogen and oxygen atoms in total. The van der Waals surface area contributed by atoms with Gasteiger partial charge in [-0.1, -0.05) is 115 Å². The summed E-state index contributed by atoms with van der Waals surface area (Å²) in [6, 6.07) is 10.8. The predicted molar refractivity (Wildman–Crippen MR) is 126 cm³/mol. The van der Waals surface area contributed by atoms with E-state index in [4.69, 9.17) is 5.73 Å². The van der Waals surface area contributed by atoms with Crippen LogP contribution >= 0.6 is 0 Å². The van der Waals surface area contributed by atoms with Crippen molar-refractivity contribution in [3.05, 3.63) is 35.9 Å². The quantitative estimate of drug-likeness (QED) is 0.220. The molecule has 1 unspecified atom stereocenters. The molecule has 0 aliphatic rings. The molecule has 0 radical (unpaired) electrons. The van der Waals surface area contributed by atoms with Crippen LogP contribution in [0.5, 0.6) is 0 Å². The largest absolute Gasteiger partial charge is 0.316 e. The molecular formula is C26H48N2. The maximum absolute atomic E-state index is 6.51. The fourth-order valence-electron chi connectivity index (χ4n) is 4.22. The molecule has 28 heavy (non-hydrogen) atoms. The third kappa shape index (κ3) is 9.56. The molecule has 0 aliphatic carbocycles. The van der Waals surface area contributed by atoms with Crippen molar-refractivity contribution in [3.63, 3.8) is 0 Å². The first-order valence-electron chi connectivity index (χ1n) is 12.1. The van der Waals surface area contributed by atoms with Crippen LogP contribution in [0.2, 0.25) is 0 Å². The Morgan fingerprint density at radius 2 is 1.21 bits per heavy atom. The summed E-state index contributed by atoms with van der Waals surface area (Å²) in [5, 5.41) is 0. The highest BCUT2D eigenvalue weighted by atomic mass is 15.3. The first-order chi connectivity index (χ1) is 13.5. The lowest BCUT2D eigenvalue weighted by molar-refractivity contribution is 0.0640. The summed E-state index contributed by atoms with van der Waals surface area (Å²) < 4.78 is 0. The number of benzene rings is 1. The highest BCUT2D eigenvalue weighted by Crippen LogP contribution is 2.29. The fraction of sp³-hybridized carbons (Fsp3) is 0.769. The van der Waals surface area contributed by atoms with E-state index in [0.717, 1.165) is 13.0 Å². The average molecular weight is 389 g/mol. The first-order valence-corrected chi connectivity index (χ1v) is 12.1. The van der Waals surface area contributed by atoms with E-state index in [1.807, 2.05) is 0 Å². The zero-order chi connectivity index (χ0) is 20.7. The Morgan fingerprint density at radius 3 is 1.68 bits per heavy atom. The Bertz CT molecular complexity index is 469. The molecule has 1 aromatic carbocycles. The second-order valence-electron chi connectivity index (χ2n) is 8.98. The topological polar surface area (TPSA) is 29.3 Å². The molecule has 0 saturated carbocycles. The van der Waals surface area contributed by atoms with Crippen molar-refractivity contribution in [3.8, 4) is 0 Å². The molecule has 1 atom stereocenters. The van der Waals surface area contributed by atoms with Crippen LogP contribution in [0.15, 0.2) is 30.3 Å². The second kappa shape index (κ2) is 15.0. The zero-order valence-corrected chi connectivity index (χ0v) is 19.4. The van der Waals surface area contributed by atoms with Crippen LogP contribution in [0.25, 0.3) is 0 Å². The van der Waals surface area contributed by atoms with Gasteiger partial charge < -0.3 is 5.73 Å². The summed E-state index contributed by atoms with van der Waals surface area (Å²) in [7, 11) is 0. The normalized spacial score (nSPS) is 13.2. The number of nitrogens with two attached hydrogens (primary N) is 1. The van der Waals surface area contributed by atoms with Gasteiger partial charge in [0.15, 0.2) is 0 Å². The molecule has 162 valence electrons. The summed E-state index contributed by atoms with van der Waals surface area (Å²) in [5.41, 5.74) is 7.85. The highest BCUT2D eigenvalue weighted by Gasteiger charge is 2.31. The molecule has 0 amide bonds. The minimum atomic E-state index is -0.0194. The number of unbranched alkanes of at least 4 members (excludes halogenated alkanes) is 11. The number of hydrogen-bond acceptors (Lipinski definition) is 2. The highest BCUT2D eigenvalue weighted by molar-refractivity contribution is 5.23. The molecule has 0 spiro atoms. The van der Waals surface area contributed by atoms with Crippen molar-refractivity contribution in [2.75, 3.05) is 6.54 Å². The summed E-state index contributed by atoms with van der Waals surface area (Å²) >= 11 is 0. The van der Waals surface area contributed by atoms with E-state index in [0.29, 0.717) is 0 Å². The smallest absolute Gasteiger partial charge is 0.0576 e. The minimum absolute atomic E-state index is 0.0194. The first kappa shape index (κ1) is 25.2. The van der Waals surface area contributed by atoms with Crippen molar-refractivity contribution < 1.29 is 0 Å². The summed E-state index contributed by atoms with van der Waals surface area (Å²) in [6.07, 6.45) is 17.8. The minimum Gasteiger partial charge on any atom is -0.316 e. The summed E-state index contributed by atoms with van der Waals surface area (Å²) in [4.78, 5) is 2.51. The van der Waals surface area contributed by atoms with Crippen molar-refractivity contribution in [1.29, 1.82) is 0 Å². The number of rotatable bonds is 17. The SMILES string of the molecule is CCCCCCCCCCCCCCN(C(N)CC)C(C)(C)c1ccccc1. The molecule has 0 heterocycles. The van der Waals surface area contributed by atoms with E-state index in [2.05, 4.69) is 62.9 Å². The van der Waals surface area contributed by atoms with Crippen molar-refractivity contribution in [1.82, 2.24) is 4.90 Å². The van der Waals surface area contributed by atoms with Gasteiger partial charge in [0, 0.05) is 12.1 Å². The molecule has 0 bridgehead atoms. The van der Waals surface area contributed by atoms with Crippen LogP contribution in [0.3, 0.4) is 0 Å². The van der Waals surface area contributed by atoms with E-state index in [9.17, 15) is 0 Å². The maximum Gasteiger partial charge on any atom is 0.0576 e. The van der Waals surface area contributed by atoms with E-state index in [1.54, 1.807) is 0 Å². The Hall–Kier alpha value is -0.860. The van der Waals surface area contributed by atoms with Gasteiger partial charge in [0.25, 0.3) is 0 Å². The second-order valence-corrected chi connectivity index (χ2v) is 8.98. The Balaban J connectivity index is 2.24. The third-order valence-corrected chi connectivity index (χ3v) is 6.27. The predicted octanol–water partition coefficient (Wildman–Crippen LogP) is 7.62. The molecular weight excluding hydrogens is 340 g/mol. The van der Waals surface area contributed by atoms with Gasteiger partial charge in [0.05, 0.1) is 6.17 Å². The molecule has 0 fully saturated rings. The lowest BCUT2D eigenvalue weighted by Crippen LogP contribution is -2.52. The van der Waals surface area contributed by atoms with Crippen LogP contribution in [0.4, 0.5) is 0 Å². The van der Waals surface area contributed by atoms with Gasteiger partial charge >= 0.3 is 0 Å². The van der Waals surface area contributed by atoms with E-state index < -0.39 is 0 Å². The molecule has 1 rings (SSSR count). The summed E-state index contributed by atoms with van der Waals surface area (Å²) in [6.45, 7) is 10.2. The summed E-state index contributed by atoms with van der Waals surface area (Å²) in [5.74, 6) is 0. The van der Waals surface area contributed by atoms with Crippen LogP contribution in [-0.4, -0.2) is 17.6 Å². The van der Waals surface area contributed by atoms with E-state index in [-0.39, 0.29) is 11.7 Å². The van der Waals surface area contributed by atoms with Crippen molar-refractivity contribution in [2.45, 2.75) is 123 Å². The molecule has 2 N–H and O–H groups in total. The number of nitrogens with zero attached hydrogens (tertiary/aromatic N) is 1. The van der Waals surface area contributed by atoms with Gasteiger partial charge in [-0.2, -0.15) is 0 Å². The molecule has 0 aliphatic heterocycles. The molecule has 0 saturated heterocycles. The standard InChI is InChI=1S/C26H48N2/c1-5-7-8-9-10-11-12-13-14-15-16-20-23-28(25(27)6-2)26(3,4)24-21-18-17-19-22-24/h17-19,21-22,25H,5-16,20,23,27H2,1-4H3.